The molecule has 0 fully saturated rings. The van der Waals surface area contributed by atoms with E-state index in [1.807, 2.05) is 57.1 Å². The van der Waals surface area contributed by atoms with Crippen LogP contribution in [0.5, 0.6) is 5.75 Å². The molecule has 0 radical (unpaired) electrons. The lowest BCUT2D eigenvalue weighted by molar-refractivity contribution is -0.124. The van der Waals surface area contributed by atoms with E-state index >= 15 is 0 Å². The fourth-order valence-electron chi connectivity index (χ4n) is 2.91. The number of hydrogen-bond donors (Lipinski definition) is 2. The first-order chi connectivity index (χ1) is 13.3. The zero-order chi connectivity index (χ0) is 20.7. The van der Waals surface area contributed by atoms with Gasteiger partial charge in [0.15, 0.2) is 5.76 Å². The fourth-order valence-corrected chi connectivity index (χ4v) is 2.91. The van der Waals surface area contributed by atoms with E-state index in [1.165, 1.54) is 6.26 Å². The molecule has 7 heteroatoms. The van der Waals surface area contributed by atoms with Crippen molar-refractivity contribution in [2.45, 2.75) is 25.9 Å². The third-order valence-electron chi connectivity index (χ3n) is 4.55. The summed E-state index contributed by atoms with van der Waals surface area (Å²) in [6, 6.07) is 10.3. The number of ether oxygens (including phenoxy) is 1. The van der Waals surface area contributed by atoms with Crippen LogP contribution in [-0.4, -0.2) is 50.5 Å². The molecule has 2 N–H and O–H groups in total. The van der Waals surface area contributed by atoms with Gasteiger partial charge in [0.1, 0.15) is 11.8 Å². The van der Waals surface area contributed by atoms with Gasteiger partial charge < -0.3 is 24.7 Å². The van der Waals surface area contributed by atoms with Gasteiger partial charge in [-0.25, -0.2) is 0 Å². The van der Waals surface area contributed by atoms with Gasteiger partial charge in [-0.3, -0.25) is 9.59 Å². The maximum atomic E-state index is 12.8. The molecule has 1 aromatic carbocycles. The molecule has 0 saturated heterocycles. The molecule has 2 aromatic rings. The summed E-state index contributed by atoms with van der Waals surface area (Å²) in [5.41, 5.74) is 1.03. The minimum atomic E-state index is -0.661. The Morgan fingerprint density at radius 3 is 2.50 bits per heavy atom. The van der Waals surface area contributed by atoms with Gasteiger partial charge >= 0.3 is 0 Å². The standard InChI is InChI=1S/C21H29N3O4/c1-14(2)19(23-20(25)18-10-7-11-28-18)21(26)22-13-17(24(3)4)15-8-6-9-16(12-15)27-5/h6-12,14,17,19H,13H2,1-5H3,(H,22,26)(H,23,25). The zero-order valence-electron chi connectivity index (χ0n) is 17.1. The molecule has 0 aliphatic carbocycles. The second-order valence-corrected chi connectivity index (χ2v) is 7.17. The second kappa shape index (κ2) is 9.94. The third kappa shape index (κ3) is 5.60. The Hall–Kier alpha value is -2.80. The summed E-state index contributed by atoms with van der Waals surface area (Å²) in [5, 5.41) is 5.72. The van der Waals surface area contributed by atoms with Crippen LogP contribution in [0.2, 0.25) is 0 Å². The second-order valence-electron chi connectivity index (χ2n) is 7.17. The third-order valence-corrected chi connectivity index (χ3v) is 4.55. The van der Waals surface area contributed by atoms with Gasteiger partial charge in [-0.2, -0.15) is 0 Å². The lowest BCUT2D eigenvalue weighted by Crippen LogP contribution is -2.50. The fraction of sp³-hybridized carbons (Fsp3) is 0.429. The van der Waals surface area contributed by atoms with E-state index in [-0.39, 0.29) is 23.6 Å². The molecule has 1 aromatic heterocycles. The summed E-state index contributed by atoms with van der Waals surface area (Å²) in [7, 11) is 5.53. The van der Waals surface area contributed by atoms with Gasteiger partial charge in [0.2, 0.25) is 5.91 Å². The highest BCUT2D eigenvalue weighted by molar-refractivity contribution is 5.95. The van der Waals surface area contributed by atoms with Gasteiger partial charge in [0.25, 0.3) is 5.91 Å². The van der Waals surface area contributed by atoms with Crippen molar-refractivity contribution in [3.05, 3.63) is 54.0 Å². The Labute approximate surface area is 166 Å². The Morgan fingerprint density at radius 2 is 1.93 bits per heavy atom. The number of benzene rings is 1. The van der Waals surface area contributed by atoms with Crippen LogP contribution in [0.1, 0.15) is 36.0 Å². The average molecular weight is 387 g/mol. The maximum Gasteiger partial charge on any atom is 0.287 e. The molecule has 2 rings (SSSR count). The Balaban J connectivity index is 2.05. The normalized spacial score (nSPS) is 13.2. The predicted molar refractivity (Wildman–Crippen MR) is 107 cm³/mol. The largest absolute Gasteiger partial charge is 0.497 e. The first-order valence-electron chi connectivity index (χ1n) is 9.26. The van der Waals surface area contributed by atoms with E-state index < -0.39 is 11.9 Å². The summed E-state index contributed by atoms with van der Waals surface area (Å²) >= 11 is 0. The van der Waals surface area contributed by atoms with E-state index in [2.05, 4.69) is 10.6 Å². The summed E-state index contributed by atoms with van der Waals surface area (Å²) in [6.45, 7) is 4.18. The van der Waals surface area contributed by atoms with Gasteiger partial charge in [0, 0.05) is 6.54 Å². The number of furan rings is 1. The van der Waals surface area contributed by atoms with Crippen molar-refractivity contribution in [3.8, 4) is 5.75 Å². The van der Waals surface area contributed by atoms with Crippen LogP contribution in [-0.2, 0) is 4.79 Å². The maximum absolute atomic E-state index is 12.8. The summed E-state index contributed by atoms with van der Waals surface area (Å²) < 4.78 is 10.4. The molecule has 0 aliphatic rings. The van der Waals surface area contributed by atoms with E-state index in [9.17, 15) is 9.59 Å². The van der Waals surface area contributed by atoms with Crippen LogP contribution < -0.4 is 15.4 Å². The number of rotatable bonds is 9. The molecular formula is C21H29N3O4. The zero-order valence-corrected chi connectivity index (χ0v) is 17.1. The minimum absolute atomic E-state index is 0.0346. The van der Waals surface area contributed by atoms with Crippen molar-refractivity contribution in [3.63, 3.8) is 0 Å². The SMILES string of the molecule is COc1cccc(C(CNC(=O)C(NC(=O)c2ccco2)C(C)C)N(C)C)c1. The molecule has 152 valence electrons. The number of nitrogens with zero attached hydrogens (tertiary/aromatic N) is 1. The van der Waals surface area contributed by atoms with Crippen molar-refractivity contribution in [1.29, 1.82) is 0 Å². The molecule has 7 nitrogen and oxygen atoms in total. The van der Waals surface area contributed by atoms with E-state index in [0.717, 1.165) is 11.3 Å². The number of amides is 2. The number of likely N-dealkylation sites (N-methyl/N-ethyl adjacent to an activating group) is 1. The van der Waals surface area contributed by atoms with Gasteiger partial charge in [-0.1, -0.05) is 26.0 Å². The number of methoxy groups -OCH3 is 1. The molecular weight excluding hydrogens is 358 g/mol. The van der Waals surface area contributed by atoms with E-state index in [0.29, 0.717) is 6.54 Å². The number of carbonyl (C=O) groups excluding carboxylic acids is 2. The lowest BCUT2D eigenvalue weighted by Gasteiger charge is -2.27. The van der Waals surface area contributed by atoms with Crippen molar-refractivity contribution < 1.29 is 18.7 Å². The molecule has 0 bridgehead atoms. The monoisotopic (exact) mass is 387 g/mol. The molecule has 2 unspecified atom stereocenters. The van der Waals surface area contributed by atoms with Gasteiger partial charge in [0.05, 0.1) is 19.4 Å². The average Bonchev–Trinajstić information content (AvgIpc) is 3.20. The molecule has 2 atom stereocenters. The van der Waals surface area contributed by atoms with Crippen molar-refractivity contribution in [2.75, 3.05) is 27.7 Å². The van der Waals surface area contributed by atoms with Crippen molar-refractivity contribution in [2.24, 2.45) is 5.92 Å². The molecule has 0 saturated carbocycles. The Morgan fingerprint density at radius 1 is 1.18 bits per heavy atom. The molecule has 28 heavy (non-hydrogen) atoms. The first-order valence-corrected chi connectivity index (χ1v) is 9.26. The van der Waals surface area contributed by atoms with Crippen LogP contribution in [0, 0.1) is 5.92 Å². The lowest BCUT2D eigenvalue weighted by atomic mass is 10.0. The van der Waals surface area contributed by atoms with E-state index in [4.69, 9.17) is 9.15 Å². The number of hydrogen-bond acceptors (Lipinski definition) is 5. The summed E-state index contributed by atoms with van der Waals surface area (Å²) in [4.78, 5) is 27.1. The van der Waals surface area contributed by atoms with Crippen molar-refractivity contribution in [1.82, 2.24) is 15.5 Å². The van der Waals surface area contributed by atoms with Crippen LogP contribution in [0.3, 0.4) is 0 Å². The van der Waals surface area contributed by atoms with Crippen LogP contribution >= 0.6 is 0 Å². The Kier molecular flexibility index (Phi) is 7.63. The highest BCUT2D eigenvalue weighted by atomic mass is 16.5. The predicted octanol–water partition coefficient (Wildman–Crippen LogP) is 2.46. The molecule has 1 heterocycles. The van der Waals surface area contributed by atoms with Crippen LogP contribution in [0.15, 0.2) is 47.1 Å². The smallest absolute Gasteiger partial charge is 0.287 e. The molecule has 0 spiro atoms. The van der Waals surface area contributed by atoms with Gasteiger partial charge in [-0.15, -0.1) is 0 Å². The molecule has 2 amide bonds. The topological polar surface area (TPSA) is 83.8 Å². The highest BCUT2D eigenvalue weighted by Gasteiger charge is 2.26. The summed E-state index contributed by atoms with van der Waals surface area (Å²) in [5.74, 6) is 0.233. The summed E-state index contributed by atoms with van der Waals surface area (Å²) in [6.07, 6.45) is 1.43. The van der Waals surface area contributed by atoms with E-state index in [1.54, 1.807) is 19.2 Å². The number of nitrogens with one attached hydrogen (secondary N) is 2. The number of carbonyl (C=O) groups is 2. The minimum Gasteiger partial charge on any atom is -0.497 e. The Bertz CT molecular complexity index is 772. The van der Waals surface area contributed by atoms with Crippen LogP contribution in [0.4, 0.5) is 0 Å². The van der Waals surface area contributed by atoms with Crippen LogP contribution in [0.25, 0.3) is 0 Å². The molecule has 0 aliphatic heterocycles. The quantitative estimate of drug-likeness (QED) is 0.691. The van der Waals surface area contributed by atoms with Crippen molar-refractivity contribution >= 4 is 11.8 Å². The van der Waals surface area contributed by atoms with Gasteiger partial charge in [-0.05, 0) is 49.8 Å². The first kappa shape index (κ1) is 21.5. The highest BCUT2D eigenvalue weighted by Crippen LogP contribution is 2.22.